The van der Waals surface area contributed by atoms with Gasteiger partial charge in [-0.2, -0.15) is 0 Å². The molecule has 2 atom stereocenters. The van der Waals surface area contributed by atoms with Gasteiger partial charge in [0.25, 0.3) is 0 Å². The number of fused-ring (bicyclic) bond motifs is 1. The first-order chi connectivity index (χ1) is 7.23. The lowest BCUT2D eigenvalue weighted by Crippen LogP contribution is -2.46. The van der Waals surface area contributed by atoms with E-state index in [1.54, 1.807) is 0 Å². The third kappa shape index (κ3) is 1.62. The van der Waals surface area contributed by atoms with Crippen LogP contribution in [-0.4, -0.2) is 19.0 Å². The van der Waals surface area contributed by atoms with E-state index in [0.717, 1.165) is 32.0 Å². The zero-order valence-electron chi connectivity index (χ0n) is 9.76. The SMILES string of the molecule is C[C@@]12CCCC[C@H]1CC1(CC2)OCCO1. The Morgan fingerprint density at radius 1 is 1.00 bits per heavy atom. The van der Waals surface area contributed by atoms with Crippen LogP contribution in [0, 0.1) is 11.3 Å². The van der Waals surface area contributed by atoms with Crippen molar-refractivity contribution in [3.8, 4) is 0 Å². The Kier molecular flexibility index (Phi) is 2.33. The third-order valence-corrected chi connectivity index (χ3v) is 4.98. The third-order valence-electron chi connectivity index (χ3n) is 4.98. The molecule has 1 saturated heterocycles. The molecule has 1 aliphatic heterocycles. The van der Waals surface area contributed by atoms with Gasteiger partial charge in [0.1, 0.15) is 0 Å². The van der Waals surface area contributed by atoms with Crippen LogP contribution >= 0.6 is 0 Å². The molecule has 0 radical (unpaired) electrons. The van der Waals surface area contributed by atoms with Gasteiger partial charge in [-0.05, 0) is 30.6 Å². The molecule has 15 heavy (non-hydrogen) atoms. The van der Waals surface area contributed by atoms with Crippen LogP contribution < -0.4 is 0 Å². The van der Waals surface area contributed by atoms with Gasteiger partial charge in [-0.25, -0.2) is 0 Å². The van der Waals surface area contributed by atoms with Gasteiger partial charge in [0.2, 0.25) is 0 Å². The van der Waals surface area contributed by atoms with Crippen LogP contribution in [0.1, 0.15) is 51.9 Å². The summed E-state index contributed by atoms with van der Waals surface area (Å²) in [5.41, 5.74) is 0.596. The van der Waals surface area contributed by atoms with E-state index in [1.165, 1.54) is 32.1 Å². The lowest BCUT2D eigenvalue weighted by molar-refractivity contribution is -0.210. The molecule has 1 heterocycles. The molecule has 2 aliphatic carbocycles. The maximum atomic E-state index is 5.85. The first-order valence-electron chi connectivity index (χ1n) is 6.50. The second-order valence-corrected chi connectivity index (χ2v) is 5.91. The van der Waals surface area contributed by atoms with Crippen LogP contribution in [0.5, 0.6) is 0 Å². The summed E-state index contributed by atoms with van der Waals surface area (Å²) in [7, 11) is 0. The highest BCUT2D eigenvalue weighted by molar-refractivity contribution is 4.96. The summed E-state index contributed by atoms with van der Waals surface area (Å²) in [5.74, 6) is 0.680. The van der Waals surface area contributed by atoms with Gasteiger partial charge in [0.05, 0.1) is 13.2 Å². The summed E-state index contributed by atoms with van der Waals surface area (Å²) in [5, 5.41) is 0. The minimum absolute atomic E-state index is 0.165. The summed E-state index contributed by atoms with van der Waals surface area (Å²) < 4.78 is 11.7. The summed E-state index contributed by atoms with van der Waals surface area (Å²) >= 11 is 0. The van der Waals surface area contributed by atoms with Gasteiger partial charge in [0.15, 0.2) is 5.79 Å². The number of rotatable bonds is 0. The second kappa shape index (κ2) is 3.46. The fourth-order valence-corrected chi connectivity index (χ4v) is 3.86. The highest BCUT2D eigenvalue weighted by Crippen LogP contribution is 2.54. The molecule has 0 aromatic heterocycles. The summed E-state index contributed by atoms with van der Waals surface area (Å²) in [6.07, 6.45) is 9.25. The van der Waals surface area contributed by atoms with E-state index in [4.69, 9.17) is 9.47 Å². The van der Waals surface area contributed by atoms with Gasteiger partial charge >= 0.3 is 0 Å². The van der Waals surface area contributed by atoms with Crippen LogP contribution in [0.4, 0.5) is 0 Å². The molecule has 3 aliphatic rings. The monoisotopic (exact) mass is 210 g/mol. The van der Waals surface area contributed by atoms with Crippen molar-refractivity contribution in [1.82, 2.24) is 0 Å². The lowest BCUT2D eigenvalue weighted by Gasteiger charge is -2.50. The zero-order chi connectivity index (χ0) is 10.4. The van der Waals surface area contributed by atoms with E-state index < -0.39 is 0 Å². The van der Waals surface area contributed by atoms with E-state index in [1.807, 2.05) is 0 Å². The normalized spacial score (nSPS) is 44.2. The Bertz CT molecular complexity index is 245. The molecule has 2 heteroatoms. The Labute approximate surface area is 92.3 Å². The van der Waals surface area contributed by atoms with Crippen LogP contribution in [0.3, 0.4) is 0 Å². The fourth-order valence-electron chi connectivity index (χ4n) is 3.86. The predicted octanol–water partition coefficient (Wildman–Crippen LogP) is 3.11. The van der Waals surface area contributed by atoms with Crippen LogP contribution in [0.25, 0.3) is 0 Å². The van der Waals surface area contributed by atoms with Crippen molar-refractivity contribution in [2.24, 2.45) is 11.3 Å². The summed E-state index contributed by atoms with van der Waals surface area (Å²) in [6.45, 7) is 4.10. The molecule has 86 valence electrons. The maximum Gasteiger partial charge on any atom is 0.168 e. The molecule has 1 spiro atoms. The van der Waals surface area contributed by atoms with E-state index in [-0.39, 0.29) is 5.79 Å². The van der Waals surface area contributed by atoms with Crippen LogP contribution in [0.15, 0.2) is 0 Å². The molecule has 3 rings (SSSR count). The smallest absolute Gasteiger partial charge is 0.168 e. The average molecular weight is 210 g/mol. The molecule has 0 amide bonds. The Hall–Kier alpha value is -0.0800. The molecule has 0 bridgehead atoms. The van der Waals surface area contributed by atoms with Crippen molar-refractivity contribution in [3.05, 3.63) is 0 Å². The predicted molar refractivity (Wildman–Crippen MR) is 58.6 cm³/mol. The van der Waals surface area contributed by atoms with E-state index in [0.29, 0.717) is 5.41 Å². The van der Waals surface area contributed by atoms with Crippen molar-refractivity contribution in [1.29, 1.82) is 0 Å². The highest BCUT2D eigenvalue weighted by Gasteiger charge is 2.50. The topological polar surface area (TPSA) is 18.5 Å². The number of hydrogen-bond donors (Lipinski definition) is 0. The van der Waals surface area contributed by atoms with Gasteiger partial charge in [-0.1, -0.05) is 19.8 Å². The van der Waals surface area contributed by atoms with E-state index >= 15 is 0 Å². The van der Waals surface area contributed by atoms with Crippen molar-refractivity contribution in [3.63, 3.8) is 0 Å². The summed E-state index contributed by atoms with van der Waals surface area (Å²) in [6, 6.07) is 0. The van der Waals surface area contributed by atoms with Crippen molar-refractivity contribution >= 4 is 0 Å². The number of hydrogen-bond acceptors (Lipinski definition) is 2. The van der Waals surface area contributed by atoms with Crippen LogP contribution in [0.2, 0.25) is 0 Å². The second-order valence-electron chi connectivity index (χ2n) is 5.91. The molecule has 0 N–H and O–H groups in total. The van der Waals surface area contributed by atoms with E-state index in [2.05, 4.69) is 6.92 Å². The van der Waals surface area contributed by atoms with Gasteiger partial charge in [0, 0.05) is 12.8 Å². The lowest BCUT2D eigenvalue weighted by atomic mass is 9.59. The molecule has 0 unspecified atom stereocenters. The van der Waals surface area contributed by atoms with Crippen molar-refractivity contribution < 1.29 is 9.47 Å². The largest absolute Gasteiger partial charge is 0.348 e. The highest BCUT2D eigenvalue weighted by atomic mass is 16.7. The quantitative estimate of drug-likeness (QED) is 0.611. The first-order valence-corrected chi connectivity index (χ1v) is 6.50. The van der Waals surface area contributed by atoms with Crippen molar-refractivity contribution in [2.75, 3.05) is 13.2 Å². The molecule has 0 aromatic carbocycles. The number of ether oxygens (including phenoxy) is 2. The minimum Gasteiger partial charge on any atom is -0.348 e. The molecule has 3 fully saturated rings. The van der Waals surface area contributed by atoms with Crippen molar-refractivity contribution in [2.45, 2.75) is 57.7 Å². The van der Waals surface area contributed by atoms with Gasteiger partial charge in [-0.15, -0.1) is 0 Å². The Morgan fingerprint density at radius 3 is 2.60 bits per heavy atom. The average Bonchev–Trinajstić information content (AvgIpc) is 2.68. The fraction of sp³-hybridized carbons (Fsp3) is 1.00. The Balaban J connectivity index is 1.76. The standard InChI is InChI=1S/C13H22O2/c1-12-5-3-2-4-11(12)10-13(7-6-12)14-8-9-15-13/h11H,2-10H2,1H3/t11-,12-/m0/s1. The Morgan fingerprint density at radius 2 is 1.80 bits per heavy atom. The first kappa shape index (κ1) is 10.1. The van der Waals surface area contributed by atoms with Gasteiger partial charge in [-0.3, -0.25) is 0 Å². The van der Waals surface area contributed by atoms with Gasteiger partial charge < -0.3 is 9.47 Å². The molecule has 2 nitrogen and oxygen atoms in total. The maximum absolute atomic E-state index is 5.85. The summed E-state index contributed by atoms with van der Waals surface area (Å²) in [4.78, 5) is 0. The molecule has 2 saturated carbocycles. The minimum atomic E-state index is -0.165. The molecule has 0 aromatic rings. The van der Waals surface area contributed by atoms with E-state index in [9.17, 15) is 0 Å². The molecular formula is C13H22O2. The van der Waals surface area contributed by atoms with Crippen LogP contribution in [-0.2, 0) is 9.47 Å². The zero-order valence-corrected chi connectivity index (χ0v) is 9.76. The molecular weight excluding hydrogens is 188 g/mol.